The average Bonchev–Trinajstić information content (AvgIpc) is 2.73. The van der Waals surface area contributed by atoms with Crippen molar-refractivity contribution in [1.82, 2.24) is 4.98 Å². The predicted molar refractivity (Wildman–Crippen MR) is 106 cm³/mol. The van der Waals surface area contributed by atoms with Gasteiger partial charge in [0, 0.05) is 23.7 Å². The molecule has 4 rings (SSSR count). The first-order valence-corrected chi connectivity index (χ1v) is 9.12. The lowest BCUT2D eigenvalue weighted by molar-refractivity contribution is -0.0188. The van der Waals surface area contributed by atoms with Crippen molar-refractivity contribution in [3.63, 3.8) is 0 Å². The minimum Gasteiger partial charge on any atom is -0.508 e. The van der Waals surface area contributed by atoms with Gasteiger partial charge in [-0.3, -0.25) is 0 Å². The number of pyridine rings is 1. The van der Waals surface area contributed by atoms with E-state index in [-0.39, 0.29) is 34.9 Å². The zero-order valence-corrected chi connectivity index (χ0v) is 15.9. The first-order chi connectivity index (χ1) is 14.7. The highest BCUT2D eigenvalue weighted by Gasteiger charge is 2.36. The van der Waals surface area contributed by atoms with Crippen molar-refractivity contribution in [3.05, 3.63) is 59.3 Å². The molecule has 160 valence electrons. The Hall–Kier alpha value is -4.34. The van der Waals surface area contributed by atoms with Gasteiger partial charge in [-0.25, -0.2) is 9.78 Å². The molecule has 0 saturated carbocycles. The van der Waals surface area contributed by atoms with Crippen LogP contribution < -0.4 is 10.5 Å². The lowest BCUT2D eigenvalue weighted by Gasteiger charge is -2.34. The summed E-state index contributed by atoms with van der Waals surface area (Å²) in [5, 5.41) is 49.3. The minimum absolute atomic E-state index is 0.0508. The summed E-state index contributed by atoms with van der Waals surface area (Å²) in [6.45, 7) is 0. The van der Waals surface area contributed by atoms with E-state index in [9.17, 15) is 30.3 Å². The lowest BCUT2D eigenvalue weighted by Crippen LogP contribution is -2.34. The quantitative estimate of drug-likeness (QED) is 0.269. The monoisotopic (exact) mass is 426 g/mol. The predicted octanol–water partition coefficient (Wildman–Crippen LogP) is 2.09. The molecule has 7 N–H and O–H groups in total. The van der Waals surface area contributed by atoms with Crippen LogP contribution in [0, 0.1) is 0 Å². The summed E-state index contributed by atoms with van der Waals surface area (Å²) in [4.78, 5) is 16.4. The van der Waals surface area contributed by atoms with E-state index in [2.05, 4.69) is 4.98 Å². The molecule has 0 amide bonds. The SMILES string of the molecule is Nc1ncc(C(=O)O[C@@H]2Cc3c(O)cccc3OC2c2cc(O)c(O)c(O)c2)cc1O. The van der Waals surface area contributed by atoms with Gasteiger partial charge in [0.25, 0.3) is 0 Å². The Morgan fingerprint density at radius 3 is 2.42 bits per heavy atom. The number of hydrogen-bond acceptors (Lipinski definition) is 10. The van der Waals surface area contributed by atoms with Crippen molar-refractivity contribution in [2.75, 3.05) is 5.73 Å². The Bertz CT molecular complexity index is 1160. The maximum absolute atomic E-state index is 12.7. The number of phenolic OH excluding ortho intramolecular Hbond substituents is 4. The number of esters is 1. The van der Waals surface area contributed by atoms with Gasteiger partial charge >= 0.3 is 5.97 Å². The standard InChI is InChI=1S/C21H18N2O8/c22-20-15(27)6-10(8-23-20)21(29)31-17-7-11-12(24)2-1-3-16(11)30-19(17)9-4-13(25)18(28)14(26)5-9/h1-6,8,17,19,24-28H,7H2,(H2,22,23)/t17-,19?/m1/s1. The number of benzene rings is 2. The summed E-state index contributed by atoms with van der Waals surface area (Å²) in [5.41, 5.74) is 6.01. The third kappa shape index (κ3) is 3.66. The van der Waals surface area contributed by atoms with Crippen molar-refractivity contribution in [2.24, 2.45) is 0 Å². The van der Waals surface area contributed by atoms with Gasteiger partial charge in [0.15, 0.2) is 34.9 Å². The van der Waals surface area contributed by atoms with E-state index >= 15 is 0 Å². The number of fused-ring (bicyclic) bond motifs is 1. The van der Waals surface area contributed by atoms with Crippen molar-refractivity contribution in [2.45, 2.75) is 18.6 Å². The Morgan fingerprint density at radius 2 is 1.74 bits per heavy atom. The van der Waals surface area contributed by atoms with Crippen LogP contribution in [0.25, 0.3) is 0 Å². The van der Waals surface area contributed by atoms with Crippen molar-refractivity contribution in [1.29, 1.82) is 0 Å². The molecule has 2 heterocycles. The second-order valence-electron chi connectivity index (χ2n) is 6.98. The molecule has 3 aromatic rings. The number of nitrogen functional groups attached to an aromatic ring is 1. The first kappa shape index (κ1) is 20.0. The van der Waals surface area contributed by atoms with E-state index in [4.69, 9.17) is 15.2 Å². The van der Waals surface area contributed by atoms with Gasteiger partial charge in [-0.1, -0.05) is 6.07 Å². The van der Waals surface area contributed by atoms with Crippen molar-refractivity contribution < 1.29 is 39.8 Å². The normalized spacial score (nSPS) is 17.4. The number of carbonyl (C=O) groups excluding carboxylic acids is 1. The van der Waals surface area contributed by atoms with Gasteiger partial charge in [-0.15, -0.1) is 0 Å². The molecule has 0 bridgehead atoms. The fraction of sp³-hybridized carbons (Fsp3) is 0.143. The molecule has 0 spiro atoms. The number of nitrogens with zero attached hydrogens (tertiary/aromatic N) is 1. The molecule has 1 aliphatic heterocycles. The molecule has 1 unspecified atom stereocenters. The Balaban J connectivity index is 1.72. The number of nitrogens with two attached hydrogens (primary N) is 1. The van der Waals surface area contributed by atoms with E-state index in [1.807, 2.05) is 0 Å². The number of hydrogen-bond donors (Lipinski definition) is 6. The van der Waals surface area contributed by atoms with Crippen LogP contribution in [-0.2, 0) is 11.2 Å². The minimum atomic E-state index is -1.00. The largest absolute Gasteiger partial charge is 0.508 e. The zero-order chi connectivity index (χ0) is 22.3. The fourth-order valence-corrected chi connectivity index (χ4v) is 3.35. The summed E-state index contributed by atoms with van der Waals surface area (Å²) in [7, 11) is 0. The summed E-state index contributed by atoms with van der Waals surface area (Å²) in [6.07, 6.45) is -0.808. The molecule has 10 nitrogen and oxygen atoms in total. The van der Waals surface area contributed by atoms with Crippen LogP contribution in [0.5, 0.6) is 34.5 Å². The van der Waals surface area contributed by atoms with Gasteiger partial charge in [0.05, 0.1) is 5.56 Å². The first-order valence-electron chi connectivity index (χ1n) is 9.12. The van der Waals surface area contributed by atoms with Gasteiger partial charge < -0.3 is 40.7 Å². The van der Waals surface area contributed by atoms with E-state index in [1.54, 1.807) is 12.1 Å². The van der Waals surface area contributed by atoms with E-state index in [1.165, 1.54) is 18.2 Å². The third-order valence-electron chi connectivity index (χ3n) is 4.92. The van der Waals surface area contributed by atoms with E-state index in [0.717, 1.165) is 12.3 Å². The Labute approximate surface area is 175 Å². The summed E-state index contributed by atoms with van der Waals surface area (Å²) in [5.74, 6) is -2.97. The molecule has 10 heteroatoms. The summed E-state index contributed by atoms with van der Waals surface area (Å²) < 4.78 is 11.5. The molecule has 2 aromatic carbocycles. The molecular formula is C21H18N2O8. The van der Waals surface area contributed by atoms with Crippen LogP contribution in [0.2, 0.25) is 0 Å². The number of phenols is 4. The van der Waals surface area contributed by atoms with Gasteiger partial charge in [0.1, 0.15) is 17.6 Å². The van der Waals surface area contributed by atoms with Crippen LogP contribution in [0.3, 0.4) is 0 Å². The summed E-state index contributed by atoms with van der Waals surface area (Å²) >= 11 is 0. The smallest absolute Gasteiger partial charge is 0.340 e. The fourth-order valence-electron chi connectivity index (χ4n) is 3.35. The van der Waals surface area contributed by atoms with Gasteiger partial charge in [0.2, 0.25) is 0 Å². The molecule has 2 atom stereocenters. The van der Waals surface area contributed by atoms with E-state index in [0.29, 0.717) is 11.3 Å². The van der Waals surface area contributed by atoms with Crippen LogP contribution in [0.15, 0.2) is 42.6 Å². The highest BCUT2D eigenvalue weighted by molar-refractivity contribution is 5.90. The topological polar surface area (TPSA) is 176 Å². The molecule has 1 aromatic heterocycles. The Kier molecular flexibility index (Phi) is 4.82. The van der Waals surface area contributed by atoms with E-state index < -0.39 is 35.4 Å². The highest BCUT2D eigenvalue weighted by atomic mass is 16.6. The van der Waals surface area contributed by atoms with Crippen molar-refractivity contribution in [3.8, 4) is 34.5 Å². The van der Waals surface area contributed by atoms with Crippen LogP contribution >= 0.6 is 0 Å². The number of rotatable bonds is 3. The number of aromatic nitrogens is 1. The second kappa shape index (κ2) is 7.48. The maximum Gasteiger partial charge on any atom is 0.340 e. The molecule has 0 saturated heterocycles. The zero-order valence-electron chi connectivity index (χ0n) is 15.9. The lowest BCUT2D eigenvalue weighted by atomic mass is 9.93. The molecule has 0 aliphatic carbocycles. The number of ether oxygens (including phenoxy) is 2. The molecule has 0 radical (unpaired) electrons. The number of carbonyl (C=O) groups is 1. The molecule has 1 aliphatic rings. The third-order valence-corrected chi connectivity index (χ3v) is 4.92. The molecule has 31 heavy (non-hydrogen) atoms. The summed E-state index contributed by atoms with van der Waals surface area (Å²) in [6, 6.07) is 8.10. The number of anilines is 1. The van der Waals surface area contributed by atoms with Gasteiger partial charge in [-0.05, 0) is 30.3 Å². The van der Waals surface area contributed by atoms with Crippen molar-refractivity contribution >= 4 is 11.8 Å². The van der Waals surface area contributed by atoms with Crippen LogP contribution in [-0.4, -0.2) is 42.6 Å². The van der Waals surface area contributed by atoms with Crippen LogP contribution in [0.4, 0.5) is 5.82 Å². The van der Waals surface area contributed by atoms with Crippen LogP contribution in [0.1, 0.15) is 27.6 Å². The average molecular weight is 426 g/mol. The maximum atomic E-state index is 12.7. The highest BCUT2D eigenvalue weighted by Crippen LogP contribution is 2.44. The molecular weight excluding hydrogens is 408 g/mol. The molecule has 0 fully saturated rings. The Morgan fingerprint density at radius 1 is 1.03 bits per heavy atom. The van der Waals surface area contributed by atoms with Gasteiger partial charge in [-0.2, -0.15) is 0 Å². The second-order valence-corrected chi connectivity index (χ2v) is 6.98. The number of aromatic hydroxyl groups is 5.